The maximum absolute atomic E-state index is 5.58. The van der Waals surface area contributed by atoms with Gasteiger partial charge >= 0.3 is 0 Å². The van der Waals surface area contributed by atoms with Gasteiger partial charge in [-0.1, -0.05) is 67.0 Å². The monoisotopic (exact) mass is 262 g/mol. The van der Waals surface area contributed by atoms with E-state index in [2.05, 4.69) is 42.7 Å². The highest BCUT2D eigenvalue weighted by Crippen LogP contribution is 2.16. The summed E-state index contributed by atoms with van der Waals surface area (Å²) in [5, 5.41) is 0. The standard InChI is InChI=1S/C19H18O/c1-2-16-20-19-15-9-8-14-18(19)13-7-6-12-17-10-4-3-5-11-17/h2-5,8-11,14-15H,1,6,12,16H2. The molecular weight excluding hydrogens is 244 g/mol. The Morgan fingerprint density at radius 2 is 1.75 bits per heavy atom. The van der Waals surface area contributed by atoms with E-state index in [1.807, 2.05) is 30.3 Å². The van der Waals surface area contributed by atoms with E-state index in [0.29, 0.717) is 6.61 Å². The fourth-order valence-electron chi connectivity index (χ4n) is 1.85. The smallest absolute Gasteiger partial charge is 0.135 e. The van der Waals surface area contributed by atoms with Crippen molar-refractivity contribution >= 4 is 0 Å². The zero-order valence-electron chi connectivity index (χ0n) is 11.5. The van der Waals surface area contributed by atoms with Crippen LogP contribution in [-0.2, 0) is 6.42 Å². The summed E-state index contributed by atoms with van der Waals surface area (Å²) in [5.41, 5.74) is 2.25. The van der Waals surface area contributed by atoms with Gasteiger partial charge < -0.3 is 4.74 Å². The molecule has 1 heteroatoms. The lowest BCUT2D eigenvalue weighted by molar-refractivity contribution is 0.362. The van der Waals surface area contributed by atoms with Crippen LogP contribution in [0.15, 0.2) is 67.3 Å². The van der Waals surface area contributed by atoms with Gasteiger partial charge in [0, 0.05) is 6.42 Å². The highest BCUT2D eigenvalue weighted by Gasteiger charge is 1.98. The van der Waals surface area contributed by atoms with E-state index in [9.17, 15) is 0 Å². The van der Waals surface area contributed by atoms with Gasteiger partial charge in [-0.3, -0.25) is 0 Å². The van der Waals surface area contributed by atoms with Crippen LogP contribution in [0.4, 0.5) is 0 Å². The minimum atomic E-state index is 0.503. The molecule has 0 aliphatic heterocycles. The molecule has 0 aliphatic rings. The predicted octanol–water partition coefficient (Wildman–Crippen LogP) is 4.24. The van der Waals surface area contributed by atoms with Gasteiger partial charge in [0.25, 0.3) is 0 Å². The van der Waals surface area contributed by atoms with Crippen molar-refractivity contribution in [3.05, 3.63) is 78.4 Å². The van der Waals surface area contributed by atoms with Crippen LogP contribution in [0.2, 0.25) is 0 Å². The number of para-hydroxylation sites is 1. The number of aryl methyl sites for hydroxylation is 1. The van der Waals surface area contributed by atoms with Crippen LogP contribution in [0, 0.1) is 11.8 Å². The first kappa shape index (κ1) is 14.0. The maximum Gasteiger partial charge on any atom is 0.135 e. The molecule has 0 spiro atoms. The molecule has 20 heavy (non-hydrogen) atoms. The maximum atomic E-state index is 5.58. The molecule has 0 saturated carbocycles. The van der Waals surface area contributed by atoms with E-state index >= 15 is 0 Å². The second-order valence-electron chi connectivity index (χ2n) is 4.38. The molecule has 0 fully saturated rings. The van der Waals surface area contributed by atoms with Gasteiger partial charge in [0.1, 0.15) is 12.4 Å². The second-order valence-corrected chi connectivity index (χ2v) is 4.38. The van der Waals surface area contributed by atoms with Crippen molar-refractivity contribution in [2.75, 3.05) is 6.61 Å². The van der Waals surface area contributed by atoms with Gasteiger partial charge in [-0.25, -0.2) is 0 Å². The van der Waals surface area contributed by atoms with Gasteiger partial charge in [-0.2, -0.15) is 0 Å². The highest BCUT2D eigenvalue weighted by molar-refractivity contribution is 5.46. The molecule has 0 N–H and O–H groups in total. The minimum absolute atomic E-state index is 0.503. The van der Waals surface area contributed by atoms with Gasteiger partial charge in [-0.05, 0) is 24.1 Å². The molecule has 1 nitrogen and oxygen atoms in total. The van der Waals surface area contributed by atoms with Crippen molar-refractivity contribution in [3.8, 4) is 17.6 Å². The van der Waals surface area contributed by atoms with Crippen LogP contribution in [-0.4, -0.2) is 6.61 Å². The molecule has 2 rings (SSSR count). The molecule has 0 radical (unpaired) electrons. The zero-order valence-corrected chi connectivity index (χ0v) is 11.5. The predicted molar refractivity (Wildman–Crippen MR) is 83.8 cm³/mol. The number of hydrogen-bond acceptors (Lipinski definition) is 1. The first-order chi connectivity index (χ1) is 9.90. The summed E-state index contributed by atoms with van der Waals surface area (Å²) in [4.78, 5) is 0. The van der Waals surface area contributed by atoms with Gasteiger partial charge in [0.2, 0.25) is 0 Å². The Morgan fingerprint density at radius 3 is 2.55 bits per heavy atom. The van der Waals surface area contributed by atoms with Crippen molar-refractivity contribution < 1.29 is 4.74 Å². The topological polar surface area (TPSA) is 9.23 Å². The molecule has 0 aliphatic carbocycles. The van der Waals surface area contributed by atoms with Crippen LogP contribution >= 0.6 is 0 Å². The van der Waals surface area contributed by atoms with E-state index in [-0.39, 0.29) is 0 Å². The quantitative estimate of drug-likeness (QED) is 0.578. The van der Waals surface area contributed by atoms with Gasteiger partial charge in [-0.15, -0.1) is 0 Å². The van der Waals surface area contributed by atoms with Crippen molar-refractivity contribution in [2.45, 2.75) is 12.8 Å². The summed E-state index contributed by atoms with van der Waals surface area (Å²) in [6.07, 6.45) is 3.56. The molecule has 0 unspecified atom stereocenters. The lowest BCUT2D eigenvalue weighted by atomic mass is 10.1. The first-order valence-corrected chi connectivity index (χ1v) is 6.75. The summed E-state index contributed by atoms with van der Waals surface area (Å²) >= 11 is 0. The van der Waals surface area contributed by atoms with E-state index in [4.69, 9.17) is 4.74 Å². The third kappa shape index (κ3) is 4.33. The Morgan fingerprint density at radius 1 is 1.00 bits per heavy atom. The average molecular weight is 262 g/mol. The molecule has 0 aromatic heterocycles. The summed E-state index contributed by atoms with van der Waals surface area (Å²) in [6, 6.07) is 18.2. The van der Waals surface area contributed by atoms with Crippen molar-refractivity contribution in [1.82, 2.24) is 0 Å². The SMILES string of the molecule is C=CCOc1ccccc1C#CCCc1ccccc1. The molecule has 2 aromatic rings. The van der Waals surface area contributed by atoms with Crippen LogP contribution < -0.4 is 4.74 Å². The Balaban J connectivity index is 1.96. The van der Waals surface area contributed by atoms with E-state index < -0.39 is 0 Å². The zero-order chi connectivity index (χ0) is 14.0. The Hall–Kier alpha value is -2.46. The third-order valence-corrected chi connectivity index (χ3v) is 2.85. The van der Waals surface area contributed by atoms with Crippen molar-refractivity contribution in [1.29, 1.82) is 0 Å². The molecular formula is C19H18O. The van der Waals surface area contributed by atoms with Crippen LogP contribution in [0.3, 0.4) is 0 Å². The molecule has 0 amide bonds. The molecule has 0 heterocycles. The fraction of sp³-hybridized carbons (Fsp3) is 0.158. The summed E-state index contributed by atoms with van der Waals surface area (Å²) in [7, 11) is 0. The highest BCUT2D eigenvalue weighted by atomic mass is 16.5. The molecule has 100 valence electrons. The van der Waals surface area contributed by atoms with Crippen LogP contribution in [0.25, 0.3) is 0 Å². The third-order valence-electron chi connectivity index (χ3n) is 2.85. The summed E-state index contributed by atoms with van der Waals surface area (Å²) in [6.45, 7) is 4.16. The fourth-order valence-corrected chi connectivity index (χ4v) is 1.85. The normalized spacial score (nSPS) is 9.40. The first-order valence-electron chi connectivity index (χ1n) is 6.75. The van der Waals surface area contributed by atoms with E-state index in [1.54, 1.807) is 6.08 Å². The van der Waals surface area contributed by atoms with Crippen molar-refractivity contribution in [2.24, 2.45) is 0 Å². The lowest BCUT2D eigenvalue weighted by Gasteiger charge is -2.04. The van der Waals surface area contributed by atoms with Crippen LogP contribution in [0.5, 0.6) is 5.75 Å². The van der Waals surface area contributed by atoms with Crippen LogP contribution in [0.1, 0.15) is 17.5 Å². The van der Waals surface area contributed by atoms with Gasteiger partial charge in [0.05, 0.1) is 5.56 Å². The Labute approximate surface area is 120 Å². The second kappa shape index (κ2) is 7.86. The largest absolute Gasteiger partial charge is 0.488 e. The minimum Gasteiger partial charge on any atom is -0.488 e. The lowest BCUT2D eigenvalue weighted by Crippen LogP contribution is -1.94. The number of ether oxygens (including phenoxy) is 1. The molecule has 0 bridgehead atoms. The summed E-state index contributed by atoms with van der Waals surface area (Å²) < 4.78 is 5.58. The summed E-state index contributed by atoms with van der Waals surface area (Å²) in [5.74, 6) is 7.21. The molecule has 0 saturated heterocycles. The number of benzene rings is 2. The number of rotatable bonds is 5. The Bertz CT molecular complexity index is 602. The molecule has 0 atom stereocenters. The number of hydrogen-bond donors (Lipinski definition) is 0. The Kier molecular flexibility index (Phi) is 5.49. The molecule has 2 aromatic carbocycles. The van der Waals surface area contributed by atoms with Gasteiger partial charge in [0.15, 0.2) is 0 Å². The van der Waals surface area contributed by atoms with E-state index in [1.165, 1.54) is 5.56 Å². The van der Waals surface area contributed by atoms with Crippen molar-refractivity contribution in [3.63, 3.8) is 0 Å². The van der Waals surface area contributed by atoms with E-state index in [0.717, 1.165) is 24.2 Å². The average Bonchev–Trinajstić information content (AvgIpc) is 2.51.